The summed E-state index contributed by atoms with van der Waals surface area (Å²) in [5.41, 5.74) is 3.86. The maximum Gasteiger partial charge on any atom is 0.211 e. The largest absolute Gasteiger partial charge is 0.349 e. The van der Waals surface area contributed by atoms with Crippen LogP contribution in [0.1, 0.15) is 47.0 Å². The Morgan fingerprint density at radius 2 is 1.81 bits per heavy atom. The zero-order valence-corrected chi connectivity index (χ0v) is 22.6. The van der Waals surface area contributed by atoms with Crippen molar-refractivity contribution in [2.75, 3.05) is 11.9 Å². The van der Waals surface area contributed by atoms with Crippen LogP contribution in [0.25, 0.3) is 28.0 Å². The van der Waals surface area contributed by atoms with Gasteiger partial charge in [-0.05, 0) is 76.9 Å². The maximum atomic E-state index is 6.41. The minimum absolute atomic E-state index is 0.241. The summed E-state index contributed by atoms with van der Waals surface area (Å²) in [4.78, 5) is 12.0. The molecule has 1 unspecified atom stereocenters. The van der Waals surface area contributed by atoms with Crippen molar-refractivity contribution >= 4 is 34.8 Å². The van der Waals surface area contributed by atoms with Crippen LogP contribution in [0, 0.1) is 0 Å². The topological polar surface area (TPSA) is 71.2 Å². The molecule has 7 nitrogen and oxygen atoms in total. The first-order valence-corrected chi connectivity index (χ1v) is 13.2. The highest BCUT2D eigenvalue weighted by Crippen LogP contribution is 2.38. The fourth-order valence-corrected chi connectivity index (χ4v) is 5.62. The Bertz CT molecular complexity index is 1370. The predicted molar refractivity (Wildman–Crippen MR) is 147 cm³/mol. The van der Waals surface area contributed by atoms with E-state index in [2.05, 4.69) is 53.1 Å². The van der Waals surface area contributed by atoms with Crippen LogP contribution in [-0.2, 0) is 0 Å². The summed E-state index contributed by atoms with van der Waals surface area (Å²) in [7, 11) is 0. The molecule has 1 aromatic carbocycles. The van der Waals surface area contributed by atoms with Gasteiger partial charge in [-0.25, -0.2) is 4.98 Å². The van der Waals surface area contributed by atoms with Crippen molar-refractivity contribution in [2.24, 2.45) is 0 Å². The third-order valence-corrected chi connectivity index (χ3v) is 7.83. The van der Waals surface area contributed by atoms with E-state index in [-0.39, 0.29) is 5.54 Å². The third-order valence-electron chi connectivity index (χ3n) is 7.09. The van der Waals surface area contributed by atoms with Gasteiger partial charge in [-0.1, -0.05) is 35.7 Å². The number of pyridine rings is 1. The summed E-state index contributed by atoms with van der Waals surface area (Å²) >= 11 is 12.6. The zero-order valence-electron chi connectivity index (χ0n) is 21.0. The van der Waals surface area contributed by atoms with Gasteiger partial charge in [0.05, 0.1) is 26.8 Å². The highest BCUT2D eigenvalue weighted by Gasteiger charge is 2.38. The lowest BCUT2D eigenvalue weighted by Gasteiger charge is -2.47. The molecular weight excluding hydrogens is 493 g/mol. The first-order chi connectivity index (χ1) is 17.3. The molecule has 5 rings (SSSR count). The number of likely N-dealkylation sites (tertiary alicyclic amines) is 1. The van der Waals surface area contributed by atoms with Crippen LogP contribution in [0.2, 0.25) is 10.0 Å². The van der Waals surface area contributed by atoms with Crippen molar-refractivity contribution in [3.05, 3.63) is 59.1 Å². The van der Waals surface area contributed by atoms with Crippen molar-refractivity contribution in [1.82, 2.24) is 29.5 Å². The summed E-state index contributed by atoms with van der Waals surface area (Å²) in [5, 5.41) is 13.5. The van der Waals surface area contributed by atoms with E-state index >= 15 is 0 Å². The van der Waals surface area contributed by atoms with Crippen LogP contribution in [0.15, 0.2) is 49.1 Å². The van der Waals surface area contributed by atoms with Crippen molar-refractivity contribution in [3.63, 3.8) is 0 Å². The quantitative estimate of drug-likeness (QED) is 0.306. The van der Waals surface area contributed by atoms with E-state index in [0.717, 1.165) is 35.3 Å². The van der Waals surface area contributed by atoms with Gasteiger partial charge in [-0.2, -0.15) is 0 Å². The molecular formula is C27H31Cl2N7. The van der Waals surface area contributed by atoms with Gasteiger partial charge < -0.3 is 5.32 Å². The molecule has 1 aliphatic rings. The average Bonchev–Trinajstić information content (AvgIpc) is 3.36. The number of nitrogens with zero attached hydrogens (tertiary/aromatic N) is 6. The predicted octanol–water partition coefficient (Wildman–Crippen LogP) is 6.61. The van der Waals surface area contributed by atoms with Crippen LogP contribution in [0.4, 0.5) is 5.95 Å². The number of hydrogen-bond donors (Lipinski definition) is 1. The normalized spacial score (nSPS) is 17.1. The molecule has 0 radical (unpaired) electrons. The standard InChI is InChI=1S/C27H31Cl2N7/c1-17(2)35-14-6-5-7-22(35)27(3,4)33-26-32-24(18-10-12-30-13-11-18)23(25-34-31-16-36(25)26)19-8-9-20(28)21(29)15-19/h8-13,15-17,22H,5-7,14H2,1-4H3,(H,32,33). The highest BCUT2D eigenvalue weighted by molar-refractivity contribution is 6.42. The van der Waals surface area contributed by atoms with E-state index in [0.29, 0.717) is 33.7 Å². The van der Waals surface area contributed by atoms with Gasteiger partial charge in [0.1, 0.15) is 6.33 Å². The Kier molecular flexibility index (Phi) is 6.90. The van der Waals surface area contributed by atoms with Crippen molar-refractivity contribution in [2.45, 2.75) is 64.6 Å². The molecule has 9 heteroatoms. The van der Waals surface area contributed by atoms with Gasteiger partial charge in [-0.3, -0.25) is 14.3 Å². The molecule has 188 valence electrons. The number of hydrogen-bond acceptors (Lipinski definition) is 6. The Morgan fingerprint density at radius 3 is 2.53 bits per heavy atom. The van der Waals surface area contributed by atoms with E-state index in [1.165, 1.54) is 12.8 Å². The van der Waals surface area contributed by atoms with E-state index < -0.39 is 0 Å². The fourth-order valence-electron chi connectivity index (χ4n) is 5.33. The first-order valence-electron chi connectivity index (χ1n) is 12.4. The van der Waals surface area contributed by atoms with Gasteiger partial charge in [0.15, 0.2) is 5.65 Å². The van der Waals surface area contributed by atoms with Crippen LogP contribution >= 0.6 is 23.2 Å². The second-order valence-electron chi connectivity index (χ2n) is 10.2. The third kappa shape index (κ3) is 4.67. The van der Waals surface area contributed by atoms with Crippen molar-refractivity contribution < 1.29 is 0 Å². The molecule has 0 bridgehead atoms. The Labute approximate surface area is 221 Å². The minimum atomic E-state index is -0.241. The number of piperidine rings is 1. The van der Waals surface area contributed by atoms with E-state index in [4.69, 9.17) is 28.2 Å². The number of rotatable bonds is 6. The zero-order chi connectivity index (χ0) is 25.4. The Morgan fingerprint density at radius 1 is 1.03 bits per heavy atom. The molecule has 1 N–H and O–H groups in total. The molecule has 1 saturated heterocycles. The summed E-state index contributed by atoms with van der Waals surface area (Å²) in [5.74, 6) is 0.699. The van der Waals surface area contributed by atoms with Gasteiger partial charge in [0.25, 0.3) is 0 Å². The molecule has 0 aliphatic carbocycles. The Balaban J connectivity index is 1.67. The van der Waals surface area contributed by atoms with Gasteiger partial charge in [0.2, 0.25) is 5.95 Å². The van der Waals surface area contributed by atoms with E-state index in [1.54, 1.807) is 24.8 Å². The van der Waals surface area contributed by atoms with Gasteiger partial charge in [-0.15, -0.1) is 10.2 Å². The maximum absolute atomic E-state index is 6.41. The molecule has 4 aromatic rings. The lowest BCUT2D eigenvalue weighted by molar-refractivity contribution is 0.0740. The molecule has 4 heterocycles. The molecule has 0 saturated carbocycles. The number of nitrogens with one attached hydrogen (secondary N) is 1. The number of halogens is 2. The summed E-state index contributed by atoms with van der Waals surface area (Å²) < 4.78 is 1.92. The van der Waals surface area contributed by atoms with Crippen LogP contribution < -0.4 is 5.32 Å². The molecule has 3 aromatic heterocycles. The fraction of sp³-hybridized carbons (Fsp3) is 0.407. The molecule has 1 aliphatic heterocycles. The van der Waals surface area contributed by atoms with E-state index in [1.807, 2.05) is 28.7 Å². The lowest BCUT2D eigenvalue weighted by Crippen LogP contribution is -2.57. The summed E-state index contributed by atoms with van der Waals surface area (Å²) in [6, 6.07) is 10.3. The second-order valence-corrected chi connectivity index (χ2v) is 11.1. The number of aromatic nitrogens is 5. The second kappa shape index (κ2) is 9.96. The van der Waals surface area contributed by atoms with Gasteiger partial charge >= 0.3 is 0 Å². The highest BCUT2D eigenvalue weighted by atomic mass is 35.5. The molecule has 0 spiro atoms. The summed E-state index contributed by atoms with van der Waals surface area (Å²) in [6.07, 6.45) is 8.85. The number of benzene rings is 1. The first kappa shape index (κ1) is 24.9. The monoisotopic (exact) mass is 523 g/mol. The SMILES string of the molecule is CC(C)N1CCCCC1C(C)(C)Nc1nc(-c2ccncc2)c(-c2ccc(Cl)c(Cl)c2)c2nncn12. The smallest absolute Gasteiger partial charge is 0.211 e. The molecule has 1 atom stereocenters. The van der Waals surface area contributed by atoms with Crippen molar-refractivity contribution in [3.8, 4) is 22.4 Å². The minimum Gasteiger partial charge on any atom is -0.349 e. The van der Waals surface area contributed by atoms with Crippen LogP contribution in [0.3, 0.4) is 0 Å². The summed E-state index contributed by atoms with van der Waals surface area (Å²) in [6.45, 7) is 10.2. The molecule has 0 amide bonds. The molecule has 1 fully saturated rings. The van der Waals surface area contributed by atoms with Crippen LogP contribution in [-0.4, -0.2) is 53.6 Å². The average molecular weight is 525 g/mol. The lowest BCUT2D eigenvalue weighted by atomic mass is 9.85. The van der Waals surface area contributed by atoms with Gasteiger partial charge in [0, 0.05) is 30.0 Å². The molecule has 36 heavy (non-hydrogen) atoms. The number of fused-ring (bicyclic) bond motifs is 1. The number of anilines is 1. The van der Waals surface area contributed by atoms with Crippen LogP contribution in [0.5, 0.6) is 0 Å². The van der Waals surface area contributed by atoms with E-state index in [9.17, 15) is 0 Å². The Hall–Kier alpha value is -2.74. The van der Waals surface area contributed by atoms with Crippen molar-refractivity contribution in [1.29, 1.82) is 0 Å².